The zero-order valence-electron chi connectivity index (χ0n) is 30.5. The molecule has 0 aromatic heterocycles. The summed E-state index contributed by atoms with van der Waals surface area (Å²) < 4.78 is 6.48. The second-order valence-corrected chi connectivity index (χ2v) is 14.1. The average Bonchev–Trinajstić information content (AvgIpc) is 3.24. The SMILES string of the molecule is [C-]#[N+]C(C#N)=C1C=C(C=Cc2cc3c4c(c2)CCCN4CCC3)OC(C=Cc2c3ccccc3c(N(c3ccccc3)c3ccccc3)c3ccccc23)=C1. The molecule has 0 N–H and O–H groups in total. The second-order valence-electron chi connectivity index (χ2n) is 14.1. The van der Waals surface area contributed by atoms with E-state index in [0.29, 0.717) is 17.1 Å². The largest absolute Gasteiger partial charge is 0.457 e. The van der Waals surface area contributed by atoms with Crippen molar-refractivity contribution in [1.29, 1.82) is 5.26 Å². The van der Waals surface area contributed by atoms with E-state index in [1.165, 1.54) is 29.7 Å². The zero-order chi connectivity index (χ0) is 37.1. The first-order chi connectivity index (χ1) is 27.2. The molecule has 6 aromatic carbocycles. The third-order valence-electron chi connectivity index (χ3n) is 10.7. The van der Waals surface area contributed by atoms with E-state index in [9.17, 15) is 5.26 Å². The second kappa shape index (κ2) is 14.7. The average molecular weight is 711 g/mol. The highest BCUT2D eigenvalue weighted by atomic mass is 16.5. The minimum atomic E-state index is 0.0283. The van der Waals surface area contributed by atoms with Crippen LogP contribution in [0.3, 0.4) is 0 Å². The maximum absolute atomic E-state index is 9.87. The number of aryl methyl sites for hydroxylation is 2. The molecule has 0 spiro atoms. The van der Waals surface area contributed by atoms with Crippen LogP contribution in [0, 0.1) is 17.9 Å². The van der Waals surface area contributed by atoms with E-state index >= 15 is 0 Å². The standard InChI is InChI=1S/C50H38N4O/c1-52-48(34-51)38-32-41(25-24-35-30-36-14-12-28-53-29-13-15-37(31-35)49(36)53)55-42(33-38)26-27-45-43-20-8-10-22-46(43)50(47-23-11-9-21-44(45)47)54(39-16-4-2-5-17-39)40-18-6-3-7-19-40/h2-11,16-27,30-33H,12-15,28-29H2. The molecule has 5 heteroatoms. The fourth-order valence-corrected chi connectivity index (χ4v) is 8.39. The Morgan fingerprint density at radius 2 is 1.18 bits per heavy atom. The Labute approximate surface area is 322 Å². The van der Waals surface area contributed by atoms with Gasteiger partial charge in [-0.1, -0.05) is 97.1 Å². The molecule has 3 aliphatic heterocycles. The van der Waals surface area contributed by atoms with Gasteiger partial charge in [-0.3, -0.25) is 0 Å². The normalized spacial score (nSPS) is 15.9. The van der Waals surface area contributed by atoms with Gasteiger partial charge in [0.1, 0.15) is 11.5 Å². The van der Waals surface area contributed by atoms with Gasteiger partial charge in [0.2, 0.25) is 0 Å². The minimum Gasteiger partial charge on any atom is -0.457 e. The van der Waals surface area contributed by atoms with Crippen molar-refractivity contribution in [3.63, 3.8) is 0 Å². The lowest BCUT2D eigenvalue weighted by Crippen LogP contribution is -2.34. The topological polar surface area (TPSA) is 43.9 Å². The van der Waals surface area contributed by atoms with Crippen molar-refractivity contribution >= 4 is 56.4 Å². The molecule has 0 unspecified atom stereocenters. The van der Waals surface area contributed by atoms with Gasteiger partial charge in [0.15, 0.2) is 0 Å². The molecule has 0 atom stereocenters. The molecular formula is C50H38N4O. The number of hydrogen-bond acceptors (Lipinski definition) is 4. The molecule has 3 aliphatic rings. The predicted octanol–water partition coefficient (Wildman–Crippen LogP) is 12.4. The first-order valence-electron chi connectivity index (χ1n) is 18.9. The van der Waals surface area contributed by atoms with Gasteiger partial charge in [-0.15, -0.1) is 0 Å². The fourth-order valence-electron chi connectivity index (χ4n) is 8.39. The summed E-state index contributed by atoms with van der Waals surface area (Å²) in [5, 5.41) is 14.3. The van der Waals surface area contributed by atoms with Crippen LogP contribution in [0.2, 0.25) is 0 Å². The maximum atomic E-state index is 9.87. The summed E-state index contributed by atoms with van der Waals surface area (Å²) in [6, 6.07) is 44.8. The molecule has 0 aliphatic carbocycles. The van der Waals surface area contributed by atoms with Crippen LogP contribution in [0.15, 0.2) is 168 Å². The van der Waals surface area contributed by atoms with Crippen LogP contribution in [-0.2, 0) is 17.6 Å². The lowest BCUT2D eigenvalue weighted by molar-refractivity contribution is 0.332. The molecule has 5 nitrogen and oxygen atoms in total. The van der Waals surface area contributed by atoms with Crippen LogP contribution in [0.25, 0.3) is 38.5 Å². The van der Waals surface area contributed by atoms with E-state index in [1.54, 1.807) is 12.2 Å². The van der Waals surface area contributed by atoms with Crippen molar-refractivity contribution in [2.75, 3.05) is 22.9 Å². The van der Waals surface area contributed by atoms with E-state index in [4.69, 9.17) is 11.3 Å². The van der Waals surface area contributed by atoms with Gasteiger partial charge < -0.3 is 14.5 Å². The molecule has 264 valence electrons. The van der Waals surface area contributed by atoms with Crippen LogP contribution in [0.1, 0.15) is 35.1 Å². The Balaban J connectivity index is 1.13. The van der Waals surface area contributed by atoms with Gasteiger partial charge in [0, 0.05) is 40.9 Å². The van der Waals surface area contributed by atoms with Crippen LogP contribution >= 0.6 is 0 Å². The van der Waals surface area contributed by atoms with Crippen molar-refractivity contribution in [3.05, 3.63) is 202 Å². The Morgan fingerprint density at radius 3 is 1.71 bits per heavy atom. The van der Waals surface area contributed by atoms with E-state index in [1.807, 2.05) is 24.3 Å². The molecule has 0 radical (unpaired) electrons. The summed E-state index contributed by atoms with van der Waals surface area (Å²) in [5.41, 5.74) is 10.3. The molecule has 0 fully saturated rings. The first-order valence-corrected chi connectivity index (χ1v) is 18.9. The van der Waals surface area contributed by atoms with Crippen LogP contribution < -0.4 is 9.80 Å². The molecule has 55 heavy (non-hydrogen) atoms. The van der Waals surface area contributed by atoms with Crippen molar-refractivity contribution in [2.45, 2.75) is 25.7 Å². The minimum absolute atomic E-state index is 0.0283. The summed E-state index contributed by atoms with van der Waals surface area (Å²) in [6.07, 6.45) is 16.2. The van der Waals surface area contributed by atoms with Crippen LogP contribution in [-0.4, -0.2) is 13.1 Å². The Kier molecular flexibility index (Phi) is 9.04. The molecule has 0 amide bonds. The van der Waals surface area contributed by atoms with Crippen molar-refractivity contribution < 1.29 is 4.74 Å². The van der Waals surface area contributed by atoms with Gasteiger partial charge in [-0.2, -0.15) is 0 Å². The molecular weight excluding hydrogens is 673 g/mol. The van der Waals surface area contributed by atoms with Crippen LogP contribution in [0.4, 0.5) is 22.7 Å². The van der Waals surface area contributed by atoms with E-state index in [2.05, 4.69) is 142 Å². The molecule has 9 rings (SSSR count). The highest BCUT2D eigenvalue weighted by molar-refractivity contribution is 6.18. The number of benzene rings is 6. The fraction of sp³-hybridized carbons (Fsp3) is 0.120. The quantitative estimate of drug-likeness (QED) is 0.0940. The molecule has 3 heterocycles. The number of anilines is 4. The van der Waals surface area contributed by atoms with Crippen molar-refractivity contribution in [2.24, 2.45) is 0 Å². The lowest BCUT2D eigenvalue weighted by Gasteiger charge is -2.37. The number of fused-ring (bicyclic) bond motifs is 2. The number of allylic oxidation sites excluding steroid dienone is 6. The van der Waals surface area contributed by atoms with Gasteiger partial charge >= 0.3 is 0 Å². The van der Waals surface area contributed by atoms with Gasteiger partial charge in [0.25, 0.3) is 5.70 Å². The smallest absolute Gasteiger partial charge is 0.269 e. The van der Waals surface area contributed by atoms with E-state index in [0.717, 1.165) is 75.7 Å². The lowest BCUT2D eigenvalue weighted by atomic mass is 9.90. The summed E-state index contributed by atoms with van der Waals surface area (Å²) in [7, 11) is 0. The predicted molar refractivity (Wildman–Crippen MR) is 226 cm³/mol. The molecule has 0 bridgehead atoms. The Hall–Kier alpha value is -7.08. The number of nitriles is 1. The third-order valence-corrected chi connectivity index (χ3v) is 10.7. The zero-order valence-corrected chi connectivity index (χ0v) is 30.5. The van der Waals surface area contributed by atoms with E-state index in [-0.39, 0.29) is 5.70 Å². The van der Waals surface area contributed by atoms with Gasteiger partial charge in [0.05, 0.1) is 18.3 Å². The number of ether oxygens (including phenoxy) is 1. The highest BCUT2D eigenvalue weighted by Gasteiger charge is 2.24. The third kappa shape index (κ3) is 6.48. The molecule has 0 saturated carbocycles. The summed E-state index contributed by atoms with van der Waals surface area (Å²) in [6.45, 7) is 10.0. The Morgan fingerprint density at radius 1 is 0.673 bits per heavy atom. The van der Waals surface area contributed by atoms with Crippen molar-refractivity contribution in [1.82, 2.24) is 0 Å². The molecule has 6 aromatic rings. The Bertz CT molecular complexity index is 2560. The number of rotatable bonds is 7. The summed E-state index contributed by atoms with van der Waals surface area (Å²) >= 11 is 0. The summed E-state index contributed by atoms with van der Waals surface area (Å²) in [4.78, 5) is 8.43. The maximum Gasteiger partial charge on any atom is 0.269 e. The number of nitrogens with zero attached hydrogens (tertiary/aromatic N) is 4. The molecule has 0 saturated heterocycles. The monoisotopic (exact) mass is 710 g/mol. The first kappa shape index (κ1) is 33.7. The van der Waals surface area contributed by atoms with Gasteiger partial charge in [-0.25, -0.2) is 10.1 Å². The van der Waals surface area contributed by atoms with E-state index < -0.39 is 0 Å². The van der Waals surface area contributed by atoms with Crippen LogP contribution in [0.5, 0.6) is 0 Å². The number of para-hydroxylation sites is 2. The number of hydrogen-bond donors (Lipinski definition) is 0. The van der Waals surface area contributed by atoms with Gasteiger partial charge in [-0.05, 0) is 125 Å². The summed E-state index contributed by atoms with van der Waals surface area (Å²) in [5.74, 6) is 1.13. The van der Waals surface area contributed by atoms with Crippen molar-refractivity contribution in [3.8, 4) is 6.07 Å². The highest BCUT2D eigenvalue weighted by Crippen LogP contribution is 2.46.